The number of benzene rings is 1. The minimum Gasteiger partial charge on any atom is -0.341 e. The maximum atomic E-state index is 4.65. The number of hydrogen-bond donors (Lipinski definition) is 1. The van der Waals surface area contributed by atoms with Crippen LogP contribution in [0.25, 0.3) is 0 Å². The molecule has 110 valence electrons. The molecule has 5 heteroatoms. The Morgan fingerprint density at radius 3 is 2.57 bits per heavy atom. The van der Waals surface area contributed by atoms with Crippen LogP contribution < -0.4 is 10.2 Å². The monoisotopic (exact) mass is 346 g/mol. The zero-order valence-corrected chi connectivity index (χ0v) is 13.9. The lowest BCUT2D eigenvalue weighted by atomic mass is 10.2. The Morgan fingerprint density at radius 2 is 1.86 bits per heavy atom. The second kappa shape index (κ2) is 6.02. The van der Waals surface area contributed by atoms with Crippen LogP contribution in [0.1, 0.15) is 24.1 Å². The van der Waals surface area contributed by atoms with E-state index in [1.165, 1.54) is 18.4 Å². The number of anilines is 3. The standard InChI is InChI=1S/C16H19BrN4/c1-11-5-6-13(10-14(11)17)19-15-9-12(2)18-16(20-15)21-7-3-4-8-21/h5-6,9-10H,3-4,7-8H2,1-2H3,(H,18,19,20). The van der Waals surface area contributed by atoms with Gasteiger partial charge in [-0.05, 0) is 44.4 Å². The van der Waals surface area contributed by atoms with E-state index in [2.05, 4.69) is 61.2 Å². The van der Waals surface area contributed by atoms with Crippen molar-refractivity contribution in [3.05, 3.63) is 40.0 Å². The average molecular weight is 347 g/mol. The van der Waals surface area contributed by atoms with E-state index < -0.39 is 0 Å². The van der Waals surface area contributed by atoms with Crippen LogP contribution in [-0.2, 0) is 0 Å². The predicted molar refractivity (Wildman–Crippen MR) is 90.4 cm³/mol. The van der Waals surface area contributed by atoms with Crippen LogP contribution in [0.3, 0.4) is 0 Å². The van der Waals surface area contributed by atoms with Gasteiger partial charge in [0, 0.05) is 35.0 Å². The van der Waals surface area contributed by atoms with Gasteiger partial charge in [0.15, 0.2) is 0 Å². The van der Waals surface area contributed by atoms with E-state index >= 15 is 0 Å². The smallest absolute Gasteiger partial charge is 0.227 e. The van der Waals surface area contributed by atoms with Crippen LogP contribution in [0.5, 0.6) is 0 Å². The third-order valence-corrected chi connectivity index (χ3v) is 4.53. The van der Waals surface area contributed by atoms with E-state index in [1.807, 2.05) is 13.0 Å². The Morgan fingerprint density at radius 1 is 1.10 bits per heavy atom. The number of nitrogens with zero attached hydrogens (tertiary/aromatic N) is 3. The Hall–Kier alpha value is -1.62. The van der Waals surface area contributed by atoms with Crippen LogP contribution in [0, 0.1) is 13.8 Å². The molecule has 0 unspecified atom stereocenters. The largest absolute Gasteiger partial charge is 0.341 e. The summed E-state index contributed by atoms with van der Waals surface area (Å²) in [6.45, 7) is 6.20. The molecule has 0 saturated carbocycles. The zero-order valence-electron chi connectivity index (χ0n) is 12.4. The molecule has 1 saturated heterocycles. The van der Waals surface area contributed by atoms with E-state index in [4.69, 9.17) is 0 Å². The van der Waals surface area contributed by atoms with E-state index in [0.717, 1.165) is 40.7 Å². The molecule has 4 nitrogen and oxygen atoms in total. The minimum atomic E-state index is 0.834. The maximum absolute atomic E-state index is 4.65. The van der Waals surface area contributed by atoms with Gasteiger partial charge >= 0.3 is 0 Å². The van der Waals surface area contributed by atoms with Gasteiger partial charge in [0.25, 0.3) is 0 Å². The number of hydrogen-bond acceptors (Lipinski definition) is 4. The van der Waals surface area contributed by atoms with Gasteiger partial charge in [0.05, 0.1) is 0 Å². The lowest BCUT2D eigenvalue weighted by Gasteiger charge is -2.17. The number of rotatable bonds is 3. The van der Waals surface area contributed by atoms with E-state index in [9.17, 15) is 0 Å². The summed E-state index contributed by atoms with van der Waals surface area (Å²) in [4.78, 5) is 11.5. The highest BCUT2D eigenvalue weighted by Crippen LogP contribution is 2.24. The van der Waals surface area contributed by atoms with Crippen molar-refractivity contribution in [2.45, 2.75) is 26.7 Å². The average Bonchev–Trinajstić information content (AvgIpc) is 2.96. The molecule has 2 aromatic rings. The van der Waals surface area contributed by atoms with Crippen LogP contribution >= 0.6 is 15.9 Å². The maximum Gasteiger partial charge on any atom is 0.227 e. The summed E-state index contributed by atoms with van der Waals surface area (Å²) in [5.41, 5.74) is 3.23. The molecule has 0 radical (unpaired) electrons. The van der Waals surface area contributed by atoms with Crippen LogP contribution in [-0.4, -0.2) is 23.1 Å². The summed E-state index contributed by atoms with van der Waals surface area (Å²) in [5, 5.41) is 3.37. The van der Waals surface area contributed by atoms with Crippen molar-refractivity contribution in [3.63, 3.8) is 0 Å². The molecule has 1 aromatic heterocycles. The summed E-state index contributed by atoms with van der Waals surface area (Å²) in [7, 11) is 0. The lowest BCUT2D eigenvalue weighted by Crippen LogP contribution is -2.21. The first-order chi connectivity index (χ1) is 10.1. The third kappa shape index (κ3) is 3.35. The Balaban J connectivity index is 1.85. The molecule has 2 heterocycles. The van der Waals surface area contributed by atoms with Gasteiger partial charge in [0.1, 0.15) is 5.82 Å². The minimum absolute atomic E-state index is 0.834. The van der Waals surface area contributed by atoms with E-state index in [0.29, 0.717) is 0 Å². The van der Waals surface area contributed by atoms with Gasteiger partial charge in [-0.3, -0.25) is 0 Å². The molecular weight excluding hydrogens is 328 g/mol. The molecular formula is C16H19BrN4. The molecule has 1 aliphatic rings. The molecule has 0 spiro atoms. The van der Waals surface area contributed by atoms with Crippen LogP contribution in [0.2, 0.25) is 0 Å². The molecule has 1 fully saturated rings. The van der Waals surface area contributed by atoms with Gasteiger partial charge in [-0.1, -0.05) is 22.0 Å². The molecule has 1 N–H and O–H groups in total. The molecule has 1 aromatic carbocycles. The fourth-order valence-corrected chi connectivity index (χ4v) is 2.87. The van der Waals surface area contributed by atoms with Crippen molar-refractivity contribution in [1.29, 1.82) is 0 Å². The molecule has 0 atom stereocenters. The van der Waals surface area contributed by atoms with Crippen molar-refractivity contribution >= 4 is 33.4 Å². The lowest BCUT2D eigenvalue weighted by molar-refractivity contribution is 0.891. The van der Waals surface area contributed by atoms with Crippen LogP contribution in [0.4, 0.5) is 17.5 Å². The van der Waals surface area contributed by atoms with Gasteiger partial charge in [0.2, 0.25) is 5.95 Å². The van der Waals surface area contributed by atoms with Crippen molar-refractivity contribution in [3.8, 4) is 0 Å². The Labute approximate surface area is 133 Å². The highest BCUT2D eigenvalue weighted by atomic mass is 79.9. The Kier molecular flexibility index (Phi) is 4.10. The normalized spacial score (nSPS) is 14.5. The number of nitrogens with one attached hydrogen (secondary N) is 1. The summed E-state index contributed by atoms with van der Waals surface area (Å²) in [5.74, 6) is 1.68. The molecule has 3 rings (SSSR count). The van der Waals surface area contributed by atoms with Gasteiger partial charge < -0.3 is 10.2 Å². The fraction of sp³-hybridized carbons (Fsp3) is 0.375. The quantitative estimate of drug-likeness (QED) is 0.904. The predicted octanol–water partition coefficient (Wildman–Crippen LogP) is 4.20. The second-order valence-electron chi connectivity index (χ2n) is 5.48. The van der Waals surface area contributed by atoms with E-state index in [-0.39, 0.29) is 0 Å². The number of halogens is 1. The zero-order chi connectivity index (χ0) is 14.8. The first-order valence-electron chi connectivity index (χ1n) is 7.25. The first-order valence-corrected chi connectivity index (χ1v) is 8.05. The highest BCUT2D eigenvalue weighted by molar-refractivity contribution is 9.10. The van der Waals surface area contributed by atoms with Gasteiger partial charge in [-0.15, -0.1) is 0 Å². The SMILES string of the molecule is Cc1cc(Nc2ccc(C)c(Br)c2)nc(N2CCCC2)n1. The molecule has 0 aliphatic carbocycles. The van der Waals surface area contributed by atoms with Crippen molar-refractivity contribution in [1.82, 2.24) is 9.97 Å². The summed E-state index contributed by atoms with van der Waals surface area (Å²) >= 11 is 3.56. The molecule has 1 aliphatic heterocycles. The van der Waals surface area contributed by atoms with Gasteiger partial charge in [-0.25, -0.2) is 4.98 Å². The fourth-order valence-electron chi connectivity index (χ4n) is 2.49. The highest BCUT2D eigenvalue weighted by Gasteiger charge is 2.16. The number of aromatic nitrogens is 2. The van der Waals surface area contributed by atoms with Crippen molar-refractivity contribution in [2.75, 3.05) is 23.3 Å². The first kappa shape index (κ1) is 14.3. The Bertz CT molecular complexity index is 651. The topological polar surface area (TPSA) is 41.1 Å². The summed E-state index contributed by atoms with van der Waals surface area (Å²) in [6.07, 6.45) is 2.45. The van der Waals surface area contributed by atoms with Gasteiger partial charge in [-0.2, -0.15) is 4.98 Å². The van der Waals surface area contributed by atoms with Crippen molar-refractivity contribution < 1.29 is 0 Å². The van der Waals surface area contributed by atoms with Crippen molar-refractivity contribution in [2.24, 2.45) is 0 Å². The third-order valence-electron chi connectivity index (χ3n) is 3.68. The molecule has 21 heavy (non-hydrogen) atoms. The van der Waals surface area contributed by atoms with E-state index in [1.54, 1.807) is 0 Å². The second-order valence-corrected chi connectivity index (χ2v) is 6.33. The molecule has 0 amide bonds. The molecule has 0 bridgehead atoms. The summed E-state index contributed by atoms with van der Waals surface area (Å²) in [6, 6.07) is 8.20. The number of aryl methyl sites for hydroxylation is 2. The van der Waals surface area contributed by atoms with Crippen LogP contribution in [0.15, 0.2) is 28.7 Å². The summed E-state index contributed by atoms with van der Waals surface area (Å²) < 4.78 is 1.10.